The van der Waals surface area contributed by atoms with E-state index in [1.54, 1.807) is 0 Å². The highest BCUT2D eigenvalue weighted by Crippen LogP contribution is 2.36. The number of aryl methyl sites for hydroxylation is 2. The SMILES string of the molecule is NC(c1ccc(C2CCC2)cc1)c1ccc2c(c1)CCC2. The Bertz CT molecular complexity index is 637. The lowest BCUT2D eigenvalue weighted by Gasteiger charge is -2.26. The van der Waals surface area contributed by atoms with Crippen molar-refractivity contribution >= 4 is 0 Å². The van der Waals surface area contributed by atoms with E-state index < -0.39 is 0 Å². The molecule has 0 bridgehead atoms. The summed E-state index contributed by atoms with van der Waals surface area (Å²) in [5.74, 6) is 0.801. The van der Waals surface area contributed by atoms with Gasteiger partial charge in [0.1, 0.15) is 0 Å². The van der Waals surface area contributed by atoms with Gasteiger partial charge >= 0.3 is 0 Å². The number of benzene rings is 2. The molecule has 1 atom stereocenters. The van der Waals surface area contributed by atoms with E-state index >= 15 is 0 Å². The van der Waals surface area contributed by atoms with Crippen molar-refractivity contribution in [3.8, 4) is 0 Å². The molecule has 2 aromatic carbocycles. The van der Waals surface area contributed by atoms with Crippen LogP contribution in [0.25, 0.3) is 0 Å². The molecule has 0 radical (unpaired) electrons. The Morgan fingerprint density at radius 1 is 0.810 bits per heavy atom. The number of fused-ring (bicyclic) bond motifs is 1. The van der Waals surface area contributed by atoms with Crippen molar-refractivity contribution in [3.05, 3.63) is 70.3 Å². The second-order valence-electron chi connectivity index (χ2n) is 6.65. The van der Waals surface area contributed by atoms with Crippen molar-refractivity contribution in [1.29, 1.82) is 0 Å². The Labute approximate surface area is 127 Å². The van der Waals surface area contributed by atoms with Crippen molar-refractivity contribution in [2.45, 2.75) is 50.5 Å². The van der Waals surface area contributed by atoms with Crippen LogP contribution in [-0.2, 0) is 12.8 Å². The molecule has 1 fully saturated rings. The highest BCUT2D eigenvalue weighted by Gasteiger charge is 2.20. The molecule has 4 rings (SSSR count). The summed E-state index contributed by atoms with van der Waals surface area (Å²) in [4.78, 5) is 0. The van der Waals surface area contributed by atoms with Crippen molar-refractivity contribution < 1.29 is 0 Å². The first kappa shape index (κ1) is 13.1. The first-order chi connectivity index (χ1) is 10.3. The summed E-state index contributed by atoms with van der Waals surface area (Å²) in [7, 11) is 0. The summed E-state index contributed by atoms with van der Waals surface area (Å²) in [5.41, 5.74) is 13.5. The van der Waals surface area contributed by atoms with E-state index in [1.165, 1.54) is 66.3 Å². The number of hydrogen-bond donors (Lipinski definition) is 1. The van der Waals surface area contributed by atoms with Crippen LogP contribution in [0, 0.1) is 0 Å². The normalized spacial score (nSPS) is 19.1. The van der Waals surface area contributed by atoms with Crippen LogP contribution < -0.4 is 5.73 Å². The van der Waals surface area contributed by atoms with Gasteiger partial charge in [0, 0.05) is 0 Å². The molecule has 1 nitrogen and oxygen atoms in total. The van der Waals surface area contributed by atoms with Crippen molar-refractivity contribution in [3.63, 3.8) is 0 Å². The standard InChI is InChI=1S/C20H23N/c21-20(19-12-9-15-5-2-6-18(15)13-19)17-10-7-16(8-11-17)14-3-1-4-14/h7-14,20H,1-6,21H2. The fourth-order valence-corrected chi connectivity index (χ4v) is 3.69. The average Bonchev–Trinajstić information content (AvgIpc) is 2.93. The first-order valence-corrected chi connectivity index (χ1v) is 8.28. The van der Waals surface area contributed by atoms with E-state index in [-0.39, 0.29) is 6.04 Å². The topological polar surface area (TPSA) is 26.0 Å². The molecule has 0 heterocycles. The van der Waals surface area contributed by atoms with Gasteiger partial charge in [-0.15, -0.1) is 0 Å². The van der Waals surface area contributed by atoms with Crippen LogP contribution in [-0.4, -0.2) is 0 Å². The lowest BCUT2D eigenvalue weighted by Crippen LogP contribution is -2.13. The first-order valence-electron chi connectivity index (χ1n) is 8.28. The van der Waals surface area contributed by atoms with E-state index in [9.17, 15) is 0 Å². The molecular weight excluding hydrogens is 254 g/mol. The summed E-state index contributed by atoms with van der Waals surface area (Å²) in [6.45, 7) is 0. The Hall–Kier alpha value is -1.60. The highest BCUT2D eigenvalue weighted by molar-refractivity contribution is 5.40. The Balaban J connectivity index is 1.57. The lowest BCUT2D eigenvalue weighted by molar-refractivity contribution is 0.419. The lowest BCUT2D eigenvalue weighted by atomic mass is 9.79. The fourth-order valence-electron chi connectivity index (χ4n) is 3.69. The fraction of sp³-hybridized carbons (Fsp3) is 0.400. The molecule has 0 aliphatic heterocycles. The van der Waals surface area contributed by atoms with E-state index in [4.69, 9.17) is 5.73 Å². The largest absolute Gasteiger partial charge is 0.320 e. The Morgan fingerprint density at radius 3 is 2.24 bits per heavy atom. The second-order valence-corrected chi connectivity index (χ2v) is 6.65. The van der Waals surface area contributed by atoms with Crippen LogP contribution in [0.4, 0.5) is 0 Å². The van der Waals surface area contributed by atoms with Gasteiger partial charge in [0.25, 0.3) is 0 Å². The third kappa shape index (κ3) is 2.40. The molecule has 0 saturated heterocycles. The Morgan fingerprint density at radius 2 is 1.52 bits per heavy atom. The molecule has 0 aromatic heterocycles. The maximum absolute atomic E-state index is 6.48. The van der Waals surface area contributed by atoms with E-state index in [2.05, 4.69) is 42.5 Å². The Kier molecular flexibility index (Phi) is 3.31. The van der Waals surface area contributed by atoms with Crippen LogP contribution in [0.2, 0.25) is 0 Å². The van der Waals surface area contributed by atoms with Crippen LogP contribution >= 0.6 is 0 Å². The number of nitrogens with two attached hydrogens (primary N) is 1. The van der Waals surface area contributed by atoms with E-state index in [0.717, 1.165) is 5.92 Å². The summed E-state index contributed by atoms with van der Waals surface area (Å²) < 4.78 is 0. The summed E-state index contributed by atoms with van der Waals surface area (Å²) in [6, 6.07) is 15.9. The minimum absolute atomic E-state index is 0.00587. The predicted molar refractivity (Wildman–Crippen MR) is 87.5 cm³/mol. The summed E-state index contributed by atoms with van der Waals surface area (Å²) in [5, 5.41) is 0. The molecule has 2 N–H and O–H groups in total. The van der Waals surface area contributed by atoms with Gasteiger partial charge in [-0.2, -0.15) is 0 Å². The van der Waals surface area contributed by atoms with Gasteiger partial charge in [0.05, 0.1) is 6.04 Å². The molecule has 2 aromatic rings. The van der Waals surface area contributed by atoms with Crippen LogP contribution in [0.1, 0.15) is 65.5 Å². The van der Waals surface area contributed by atoms with Crippen molar-refractivity contribution in [1.82, 2.24) is 0 Å². The highest BCUT2D eigenvalue weighted by atomic mass is 14.6. The molecule has 2 aliphatic carbocycles. The van der Waals surface area contributed by atoms with Crippen LogP contribution in [0.15, 0.2) is 42.5 Å². The van der Waals surface area contributed by atoms with Gasteiger partial charge in [-0.1, -0.05) is 48.9 Å². The minimum atomic E-state index is 0.00587. The minimum Gasteiger partial charge on any atom is -0.320 e. The van der Waals surface area contributed by atoms with Crippen LogP contribution in [0.5, 0.6) is 0 Å². The zero-order valence-corrected chi connectivity index (χ0v) is 12.5. The van der Waals surface area contributed by atoms with Crippen molar-refractivity contribution in [2.75, 3.05) is 0 Å². The van der Waals surface area contributed by atoms with Gasteiger partial charge < -0.3 is 5.73 Å². The van der Waals surface area contributed by atoms with Crippen molar-refractivity contribution in [2.24, 2.45) is 5.73 Å². The molecule has 1 saturated carbocycles. The maximum Gasteiger partial charge on any atom is 0.0551 e. The second kappa shape index (κ2) is 5.31. The smallest absolute Gasteiger partial charge is 0.0551 e. The van der Waals surface area contributed by atoms with Gasteiger partial charge in [-0.25, -0.2) is 0 Å². The van der Waals surface area contributed by atoms with Gasteiger partial charge in [-0.05, 0) is 65.8 Å². The zero-order chi connectivity index (χ0) is 14.2. The average molecular weight is 277 g/mol. The predicted octanol–water partition coefficient (Wildman–Crippen LogP) is 4.49. The molecule has 1 unspecified atom stereocenters. The molecule has 2 aliphatic rings. The molecule has 0 spiro atoms. The molecule has 21 heavy (non-hydrogen) atoms. The van der Waals surface area contributed by atoms with Gasteiger partial charge in [-0.3, -0.25) is 0 Å². The van der Waals surface area contributed by atoms with Crippen LogP contribution in [0.3, 0.4) is 0 Å². The summed E-state index contributed by atoms with van der Waals surface area (Å²) >= 11 is 0. The molecule has 1 heteroatoms. The quantitative estimate of drug-likeness (QED) is 0.879. The van der Waals surface area contributed by atoms with Gasteiger partial charge in [0.2, 0.25) is 0 Å². The molecule has 108 valence electrons. The third-order valence-corrected chi connectivity index (χ3v) is 5.35. The monoisotopic (exact) mass is 277 g/mol. The molecule has 0 amide bonds. The summed E-state index contributed by atoms with van der Waals surface area (Å²) in [6.07, 6.45) is 7.86. The van der Waals surface area contributed by atoms with Gasteiger partial charge in [0.15, 0.2) is 0 Å². The number of hydrogen-bond acceptors (Lipinski definition) is 1. The van der Waals surface area contributed by atoms with E-state index in [1.807, 2.05) is 0 Å². The zero-order valence-electron chi connectivity index (χ0n) is 12.5. The molecular formula is C20H23N. The van der Waals surface area contributed by atoms with E-state index in [0.29, 0.717) is 0 Å². The number of rotatable bonds is 3. The third-order valence-electron chi connectivity index (χ3n) is 5.35. The maximum atomic E-state index is 6.48.